The lowest BCUT2D eigenvalue weighted by Gasteiger charge is -2.39. The number of anilines is 1. The van der Waals surface area contributed by atoms with E-state index >= 15 is 0 Å². The number of carbonyl (C=O) groups excluding carboxylic acids is 1. The standard InChI is InChI=1S/C18H26Cl2N2O.ClH/c1-21(2)17-13-14(20)7-6-10-16(17)22(18(23)11-12-19)15-8-4-3-5-9-15;/h3-5,8-9,14,16-17H,6-7,10-13H2,1-2H3;1H. The molecular formula is C18H27Cl3N2O. The number of hydrogen-bond donors (Lipinski definition) is 0. The number of para-hydroxylation sites is 1. The number of halogens is 3. The number of nitrogens with zero attached hydrogens (tertiary/aromatic N) is 2. The molecule has 0 aromatic heterocycles. The molecule has 0 aliphatic heterocycles. The van der Waals surface area contributed by atoms with Gasteiger partial charge in [-0.1, -0.05) is 18.2 Å². The first kappa shape index (κ1) is 21.6. The van der Waals surface area contributed by atoms with Crippen LogP contribution >= 0.6 is 35.6 Å². The number of rotatable bonds is 5. The molecule has 24 heavy (non-hydrogen) atoms. The van der Waals surface area contributed by atoms with E-state index in [4.69, 9.17) is 23.2 Å². The summed E-state index contributed by atoms with van der Waals surface area (Å²) in [6, 6.07) is 10.3. The first-order valence-corrected chi connectivity index (χ1v) is 9.25. The third-order valence-corrected chi connectivity index (χ3v) is 5.15. The molecule has 0 radical (unpaired) electrons. The largest absolute Gasteiger partial charge is 0.308 e. The van der Waals surface area contributed by atoms with Gasteiger partial charge < -0.3 is 9.80 Å². The Labute approximate surface area is 161 Å². The Morgan fingerprint density at radius 2 is 1.83 bits per heavy atom. The van der Waals surface area contributed by atoms with Crippen LogP contribution in [-0.2, 0) is 4.79 Å². The lowest BCUT2D eigenvalue weighted by Crippen LogP contribution is -2.52. The Morgan fingerprint density at radius 1 is 1.17 bits per heavy atom. The van der Waals surface area contributed by atoms with Crippen molar-refractivity contribution in [3.8, 4) is 0 Å². The highest BCUT2D eigenvalue weighted by atomic mass is 35.5. The highest BCUT2D eigenvalue weighted by molar-refractivity contribution is 6.20. The fraction of sp³-hybridized carbons (Fsp3) is 0.611. The molecule has 1 aromatic carbocycles. The molecule has 1 aliphatic rings. The fourth-order valence-corrected chi connectivity index (χ4v) is 3.94. The Balaban J connectivity index is 0.00000288. The van der Waals surface area contributed by atoms with Crippen LogP contribution in [0.3, 0.4) is 0 Å². The monoisotopic (exact) mass is 392 g/mol. The molecule has 0 spiro atoms. The molecule has 0 bridgehead atoms. The van der Waals surface area contributed by atoms with Crippen LogP contribution in [0.4, 0.5) is 5.69 Å². The summed E-state index contributed by atoms with van der Waals surface area (Å²) in [5.41, 5.74) is 0.951. The Bertz CT molecular complexity index is 498. The molecule has 3 unspecified atom stereocenters. The summed E-state index contributed by atoms with van der Waals surface area (Å²) in [4.78, 5) is 17.0. The second-order valence-corrected chi connectivity index (χ2v) is 7.40. The summed E-state index contributed by atoms with van der Waals surface area (Å²) in [6.45, 7) is 0. The van der Waals surface area contributed by atoms with Crippen molar-refractivity contribution in [3.05, 3.63) is 30.3 Å². The van der Waals surface area contributed by atoms with Gasteiger partial charge in [0, 0.05) is 29.4 Å². The molecule has 1 amide bonds. The van der Waals surface area contributed by atoms with Crippen LogP contribution in [0.5, 0.6) is 0 Å². The molecule has 0 N–H and O–H groups in total. The van der Waals surface area contributed by atoms with Crippen LogP contribution < -0.4 is 4.90 Å². The van der Waals surface area contributed by atoms with Crippen molar-refractivity contribution in [2.45, 2.75) is 49.6 Å². The van der Waals surface area contributed by atoms with Gasteiger partial charge in [0.25, 0.3) is 0 Å². The minimum Gasteiger partial charge on any atom is -0.308 e. The van der Waals surface area contributed by atoms with Gasteiger partial charge >= 0.3 is 0 Å². The summed E-state index contributed by atoms with van der Waals surface area (Å²) in [6.07, 6.45) is 4.28. The maximum absolute atomic E-state index is 12.8. The molecule has 6 heteroatoms. The molecule has 3 atom stereocenters. The number of amides is 1. The van der Waals surface area contributed by atoms with Gasteiger partial charge in [-0.3, -0.25) is 4.79 Å². The molecule has 1 aromatic rings. The Hall–Kier alpha value is -0.480. The summed E-state index contributed by atoms with van der Waals surface area (Å²) >= 11 is 12.3. The quantitative estimate of drug-likeness (QED) is 0.541. The van der Waals surface area contributed by atoms with E-state index in [1.807, 2.05) is 35.2 Å². The molecule has 0 saturated heterocycles. The number of carbonyl (C=O) groups is 1. The van der Waals surface area contributed by atoms with E-state index in [0.29, 0.717) is 12.3 Å². The lowest BCUT2D eigenvalue weighted by molar-refractivity contribution is -0.119. The summed E-state index contributed by atoms with van der Waals surface area (Å²) in [5.74, 6) is 0.440. The van der Waals surface area contributed by atoms with Crippen LogP contribution in [0.2, 0.25) is 0 Å². The average molecular weight is 394 g/mol. The summed E-state index contributed by atoms with van der Waals surface area (Å²) in [5, 5.41) is 0.174. The second kappa shape index (κ2) is 10.5. The zero-order chi connectivity index (χ0) is 16.8. The zero-order valence-corrected chi connectivity index (χ0v) is 16.7. The van der Waals surface area contributed by atoms with Crippen molar-refractivity contribution < 1.29 is 4.79 Å². The SMILES string of the molecule is CN(C)C1CC(Cl)CCCC1N(C(=O)CCCl)c1ccccc1.Cl. The van der Waals surface area contributed by atoms with E-state index < -0.39 is 0 Å². The minimum absolute atomic E-state index is 0. The van der Waals surface area contributed by atoms with Crippen molar-refractivity contribution in [1.82, 2.24) is 4.90 Å². The molecule has 2 rings (SSSR count). The van der Waals surface area contributed by atoms with Gasteiger partial charge in [-0.15, -0.1) is 35.6 Å². The van der Waals surface area contributed by atoms with Gasteiger partial charge in [-0.25, -0.2) is 0 Å². The first-order valence-electron chi connectivity index (χ1n) is 8.28. The van der Waals surface area contributed by atoms with Crippen molar-refractivity contribution >= 4 is 47.2 Å². The smallest absolute Gasteiger partial charge is 0.228 e. The van der Waals surface area contributed by atoms with Crippen LogP contribution in [0.1, 0.15) is 32.1 Å². The summed E-state index contributed by atoms with van der Waals surface area (Å²) < 4.78 is 0. The number of alkyl halides is 2. The average Bonchev–Trinajstić information content (AvgIpc) is 2.71. The topological polar surface area (TPSA) is 23.6 Å². The maximum atomic E-state index is 12.8. The highest BCUT2D eigenvalue weighted by Gasteiger charge is 2.35. The lowest BCUT2D eigenvalue weighted by atomic mass is 9.98. The van der Waals surface area contributed by atoms with E-state index in [2.05, 4.69) is 19.0 Å². The molecule has 1 aliphatic carbocycles. The number of hydrogen-bond acceptors (Lipinski definition) is 2. The van der Waals surface area contributed by atoms with E-state index in [1.54, 1.807) is 0 Å². The third kappa shape index (κ3) is 5.52. The highest BCUT2D eigenvalue weighted by Crippen LogP contribution is 2.31. The molecule has 1 fully saturated rings. The van der Waals surface area contributed by atoms with E-state index in [0.717, 1.165) is 31.4 Å². The van der Waals surface area contributed by atoms with Gasteiger partial charge in [-0.2, -0.15) is 0 Å². The van der Waals surface area contributed by atoms with Crippen molar-refractivity contribution in [2.24, 2.45) is 0 Å². The van der Waals surface area contributed by atoms with Crippen molar-refractivity contribution in [2.75, 3.05) is 24.9 Å². The Kier molecular flexibility index (Phi) is 9.43. The van der Waals surface area contributed by atoms with Gasteiger partial charge in [-0.05, 0) is 51.9 Å². The number of likely N-dealkylation sites (N-methyl/N-ethyl adjacent to an activating group) is 1. The van der Waals surface area contributed by atoms with Gasteiger partial charge in [0.2, 0.25) is 5.91 Å². The molecule has 0 heterocycles. The van der Waals surface area contributed by atoms with E-state index in [1.165, 1.54) is 0 Å². The molecule has 1 saturated carbocycles. The van der Waals surface area contributed by atoms with Gasteiger partial charge in [0.05, 0.1) is 6.04 Å². The minimum atomic E-state index is 0. The maximum Gasteiger partial charge on any atom is 0.228 e. The van der Waals surface area contributed by atoms with Gasteiger partial charge in [0.1, 0.15) is 0 Å². The fourth-order valence-electron chi connectivity index (χ4n) is 3.44. The first-order chi connectivity index (χ1) is 11.0. The third-order valence-electron chi connectivity index (χ3n) is 4.56. The Morgan fingerprint density at radius 3 is 2.42 bits per heavy atom. The van der Waals surface area contributed by atoms with Crippen molar-refractivity contribution in [1.29, 1.82) is 0 Å². The normalized spacial score (nSPS) is 24.1. The number of benzene rings is 1. The van der Waals surface area contributed by atoms with E-state index in [-0.39, 0.29) is 35.8 Å². The predicted molar refractivity (Wildman–Crippen MR) is 106 cm³/mol. The summed E-state index contributed by atoms with van der Waals surface area (Å²) in [7, 11) is 4.14. The molecular weight excluding hydrogens is 367 g/mol. The van der Waals surface area contributed by atoms with Crippen LogP contribution in [0.15, 0.2) is 30.3 Å². The van der Waals surface area contributed by atoms with Crippen LogP contribution in [-0.4, -0.2) is 48.2 Å². The predicted octanol–water partition coefficient (Wildman–Crippen LogP) is 4.55. The van der Waals surface area contributed by atoms with E-state index in [9.17, 15) is 4.79 Å². The second-order valence-electron chi connectivity index (χ2n) is 6.40. The molecule has 136 valence electrons. The van der Waals surface area contributed by atoms with Crippen molar-refractivity contribution in [3.63, 3.8) is 0 Å². The van der Waals surface area contributed by atoms with Crippen LogP contribution in [0, 0.1) is 0 Å². The van der Waals surface area contributed by atoms with Gasteiger partial charge in [0.15, 0.2) is 0 Å². The molecule has 3 nitrogen and oxygen atoms in total. The van der Waals surface area contributed by atoms with Crippen LogP contribution in [0.25, 0.3) is 0 Å². The zero-order valence-electron chi connectivity index (χ0n) is 14.3.